The molecule has 2 unspecified atom stereocenters. The molecule has 8 heteroatoms. The molecule has 2 heterocycles. The quantitative estimate of drug-likeness (QED) is 0.298. The van der Waals surface area contributed by atoms with Gasteiger partial charge in [0, 0.05) is 29.0 Å². The zero-order valence-electron chi connectivity index (χ0n) is 20.4. The van der Waals surface area contributed by atoms with E-state index in [9.17, 15) is 19.4 Å². The lowest BCUT2D eigenvalue weighted by Gasteiger charge is -2.15. The molecule has 0 aliphatic heterocycles. The van der Waals surface area contributed by atoms with E-state index in [1.54, 1.807) is 28.8 Å². The van der Waals surface area contributed by atoms with Crippen LogP contribution in [0.3, 0.4) is 0 Å². The minimum atomic E-state index is -1.17. The van der Waals surface area contributed by atoms with Crippen LogP contribution in [0, 0.1) is 12.7 Å². The van der Waals surface area contributed by atoms with E-state index in [0.717, 1.165) is 52.2 Å². The molecule has 0 radical (unpaired) electrons. The van der Waals surface area contributed by atoms with Crippen molar-refractivity contribution in [3.8, 4) is 22.4 Å². The number of aliphatic hydroxyl groups excluding tert-OH is 2. The monoisotopic (exact) mass is 501 g/mol. The highest BCUT2D eigenvalue weighted by atomic mass is 19.1. The first-order valence-corrected chi connectivity index (χ1v) is 12.3. The Hall–Kier alpha value is -3.88. The van der Waals surface area contributed by atoms with Gasteiger partial charge in [0.2, 0.25) is 0 Å². The summed E-state index contributed by atoms with van der Waals surface area (Å²) in [5.74, 6) is -1.23. The molecular weight excluding hydrogens is 473 g/mol. The van der Waals surface area contributed by atoms with E-state index < -0.39 is 24.6 Å². The fourth-order valence-electron chi connectivity index (χ4n) is 4.69. The lowest BCUT2D eigenvalue weighted by atomic mass is 9.99. The maximum absolute atomic E-state index is 13.8. The van der Waals surface area contributed by atoms with Crippen LogP contribution in [-0.4, -0.2) is 48.1 Å². The standard InChI is InChI=1S/C29H28FN3O4/c1-17-26(18-5-3-2-4-6-18)29-31-27(19-7-8-19)24(14-13-22(34)15-23(35)16-25(36)37)28(33(29)32-17)20-9-11-21(30)12-10-20/h2-6,9-14,19,22-23,34-35H,7-8,15-16H2,1H3,(H,36,37)/b14-13+. The number of aryl methyl sites for hydroxylation is 1. The predicted molar refractivity (Wildman–Crippen MR) is 138 cm³/mol. The highest BCUT2D eigenvalue weighted by Gasteiger charge is 2.31. The van der Waals surface area contributed by atoms with Crippen LogP contribution in [0.15, 0.2) is 60.7 Å². The van der Waals surface area contributed by atoms with Crippen LogP contribution in [-0.2, 0) is 4.79 Å². The number of aliphatic hydroxyl groups is 2. The predicted octanol–water partition coefficient (Wildman–Crippen LogP) is 4.99. The molecule has 2 aromatic heterocycles. The summed E-state index contributed by atoms with van der Waals surface area (Å²) in [6.45, 7) is 1.94. The third-order valence-corrected chi connectivity index (χ3v) is 6.56. The minimum absolute atomic E-state index is 0.109. The summed E-state index contributed by atoms with van der Waals surface area (Å²) in [6.07, 6.45) is 2.50. The first-order valence-electron chi connectivity index (χ1n) is 12.3. The van der Waals surface area contributed by atoms with E-state index in [1.807, 2.05) is 37.3 Å². The Morgan fingerprint density at radius 3 is 2.46 bits per heavy atom. The van der Waals surface area contributed by atoms with Crippen molar-refractivity contribution in [2.45, 2.75) is 50.7 Å². The van der Waals surface area contributed by atoms with Crippen molar-refractivity contribution >= 4 is 17.7 Å². The van der Waals surface area contributed by atoms with Gasteiger partial charge in [-0.15, -0.1) is 0 Å². The molecule has 1 fully saturated rings. The summed E-state index contributed by atoms with van der Waals surface area (Å²) < 4.78 is 15.6. The van der Waals surface area contributed by atoms with Crippen LogP contribution in [0.4, 0.5) is 4.39 Å². The number of nitrogens with zero attached hydrogens (tertiary/aromatic N) is 3. The number of aromatic nitrogens is 3. The summed E-state index contributed by atoms with van der Waals surface area (Å²) in [4.78, 5) is 16.0. The Morgan fingerprint density at radius 1 is 1.11 bits per heavy atom. The SMILES string of the molecule is Cc1nn2c(-c3ccc(F)cc3)c(/C=C/C(O)CC(O)CC(=O)O)c(C3CC3)nc2c1-c1ccccc1. The highest BCUT2D eigenvalue weighted by Crippen LogP contribution is 2.44. The van der Waals surface area contributed by atoms with Crippen molar-refractivity contribution in [3.05, 3.63) is 83.4 Å². The Labute approximate surface area is 213 Å². The molecule has 2 aromatic carbocycles. The molecule has 37 heavy (non-hydrogen) atoms. The van der Waals surface area contributed by atoms with E-state index in [1.165, 1.54) is 12.1 Å². The molecule has 7 nitrogen and oxygen atoms in total. The topological polar surface area (TPSA) is 108 Å². The van der Waals surface area contributed by atoms with Crippen LogP contribution in [0.5, 0.6) is 0 Å². The largest absolute Gasteiger partial charge is 0.481 e. The normalized spacial score (nSPS) is 15.4. The van der Waals surface area contributed by atoms with E-state index in [4.69, 9.17) is 15.2 Å². The number of rotatable bonds is 9. The van der Waals surface area contributed by atoms with Gasteiger partial charge in [0.1, 0.15) is 5.82 Å². The Balaban J connectivity index is 1.69. The van der Waals surface area contributed by atoms with Crippen LogP contribution < -0.4 is 0 Å². The van der Waals surface area contributed by atoms with Crippen molar-refractivity contribution in [3.63, 3.8) is 0 Å². The molecule has 0 amide bonds. The molecule has 190 valence electrons. The second-order valence-corrected chi connectivity index (χ2v) is 9.52. The summed E-state index contributed by atoms with van der Waals surface area (Å²) in [5, 5.41) is 34.2. The Bertz CT molecular complexity index is 1460. The molecule has 1 aliphatic rings. The van der Waals surface area contributed by atoms with Gasteiger partial charge < -0.3 is 15.3 Å². The lowest BCUT2D eigenvalue weighted by molar-refractivity contribution is -0.139. The number of carbonyl (C=O) groups is 1. The van der Waals surface area contributed by atoms with E-state index in [0.29, 0.717) is 5.65 Å². The number of carboxylic acid groups (broad SMARTS) is 1. The number of hydrogen-bond acceptors (Lipinski definition) is 5. The molecule has 2 atom stereocenters. The summed E-state index contributed by atoms with van der Waals surface area (Å²) in [6, 6.07) is 16.1. The second-order valence-electron chi connectivity index (χ2n) is 9.52. The first kappa shape index (κ1) is 24.8. The van der Waals surface area contributed by atoms with Gasteiger partial charge >= 0.3 is 5.97 Å². The molecule has 3 N–H and O–H groups in total. The third kappa shape index (κ3) is 5.30. The van der Waals surface area contributed by atoms with Gasteiger partial charge in [0.05, 0.1) is 35.7 Å². The van der Waals surface area contributed by atoms with E-state index in [2.05, 4.69) is 0 Å². The Kier molecular flexibility index (Phi) is 6.86. The molecule has 1 aliphatic carbocycles. The van der Waals surface area contributed by atoms with Gasteiger partial charge in [0.15, 0.2) is 5.65 Å². The minimum Gasteiger partial charge on any atom is -0.481 e. The third-order valence-electron chi connectivity index (χ3n) is 6.56. The number of benzene rings is 2. The van der Waals surface area contributed by atoms with Crippen molar-refractivity contribution in [2.75, 3.05) is 0 Å². The maximum Gasteiger partial charge on any atom is 0.305 e. The number of fused-ring (bicyclic) bond motifs is 1. The zero-order valence-corrected chi connectivity index (χ0v) is 20.4. The summed E-state index contributed by atoms with van der Waals surface area (Å²) in [7, 11) is 0. The van der Waals surface area contributed by atoms with Gasteiger partial charge in [-0.3, -0.25) is 4.79 Å². The molecule has 1 saturated carbocycles. The lowest BCUT2D eigenvalue weighted by Crippen LogP contribution is -2.19. The van der Waals surface area contributed by atoms with Gasteiger partial charge in [-0.25, -0.2) is 13.9 Å². The fourth-order valence-corrected chi connectivity index (χ4v) is 4.69. The average Bonchev–Trinajstić information content (AvgIpc) is 3.65. The van der Waals surface area contributed by atoms with Crippen LogP contribution in [0.2, 0.25) is 0 Å². The zero-order chi connectivity index (χ0) is 26.1. The van der Waals surface area contributed by atoms with Gasteiger partial charge in [-0.1, -0.05) is 42.5 Å². The van der Waals surface area contributed by atoms with Crippen LogP contribution >= 0.6 is 0 Å². The van der Waals surface area contributed by atoms with Crippen molar-refractivity contribution in [1.29, 1.82) is 0 Å². The molecular formula is C29H28FN3O4. The van der Waals surface area contributed by atoms with Crippen LogP contribution in [0.1, 0.15) is 48.6 Å². The number of halogens is 1. The smallest absolute Gasteiger partial charge is 0.305 e. The second kappa shape index (κ2) is 10.2. The summed E-state index contributed by atoms with van der Waals surface area (Å²) in [5.41, 5.74) is 6.55. The number of hydrogen-bond donors (Lipinski definition) is 3. The van der Waals surface area contributed by atoms with E-state index >= 15 is 0 Å². The van der Waals surface area contributed by atoms with Crippen molar-refractivity contribution in [1.82, 2.24) is 14.6 Å². The highest BCUT2D eigenvalue weighted by molar-refractivity contribution is 5.84. The van der Waals surface area contributed by atoms with Gasteiger partial charge in [0.25, 0.3) is 0 Å². The number of aliphatic carboxylic acids is 1. The van der Waals surface area contributed by atoms with Gasteiger partial charge in [-0.05, 0) is 49.6 Å². The first-order chi connectivity index (χ1) is 17.8. The van der Waals surface area contributed by atoms with Crippen molar-refractivity contribution in [2.24, 2.45) is 0 Å². The molecule has 0 bridgehead atoms. The molecule has 5 rings (SSSR count). The maximum atomic E-state index is 13.8. The fraction of sp³-hybridized carbons (Fsp3) is 0.276. The van der Waals surface area contributed by atoms with E-state index in [-0.39, 0.29) is 18.2 Å². The molecule has 0 spiro atoms. The van der Waals surface area contributed by atoms with Crippen molar-refractivity contribution < 1.29 is 24.5 Å². The number of carboxylic acids is 1. The Morgan fingerprint density at radius 2 is 1.81 bits per heavy atom. The average molecular weight is 502 g/mol. The van der Waals surface area contributed by atoms with Crippen LogP contribution in [0.25, 0.3) is 34.1 Å². The molecule has 0 saturated heterocycles. The summed E-state index contributed by atoms with van der Waals surface area (Å²) >= 11 is 0. The molecule has 4 aromatic rings. The van der Waals surface area contributed by atoms with Gasteiger partial charge in [-0.2, -0.15) is 5.10 Å².